The van der Waals surface area contributed by atoms with Crippen LogP contribution in [0.2, 0.25) is 0 Å². The first-order valence-corrected chi connectivity index (χ1v) is 6.65. The van der Waals surface area contributed by atoms with E-state index in [2.05, 4.69) is 18.7 Å². The van der Waals surface area contributed by atoms with Crippen LogP contribution in [0.1, 0.15) is 31.4 Å². The smallest absolute Gasteiger partial charge is 0.123 e. The number of ether oxygens (including phenoxy) is 1. The average Bonchev–Trinajstić information content (AvgIpc) is 2.68. The minimum Gasteiger partial charge on any atom is -0.496 e. The van der Waals surface area contributed by atoms with Gasteiger partial charge in [0.25, 0.3) is 0 Å². The van der Waals surface area contributed by atoms with Crippen LogP contribution < -0.4 is 10.5 Å². The fraction of sp³-hybridized carbons (Fsp3) is 0.533. The lowest BCUT2D eigenvalue weighted by molar-refractivity contribution is 0.279. The Morgan fingerprint density at radius 3 is 2.74 bits per heavy atom. The van der Waals surface area contributed by atoms with Gasteiger partial charge in [0.15, 0.2) is 0 Å². The maximum atomic E-state index is 7.53. The molecule has 1 aromatic rings. The Balaban J connectivity index is 2.18. The summed E-state index contributed by atoms with van der Waals surface area (Å²) in [6.07, 6.45) is 1.22. The number of nitrogens with zero attached hydrogens (tertiary/aromatic N) is 1. The second kappa shape index (κ2) is 5.21. The summed E-state index contributed by atoms with van der Waals surface area (Å²) in [4.78, 5) is 2.43. The zero-order valence-corrected chi connectivity index (χ0v) is 12.0. The van der Waals surface area contributed by atoms with Crippen molar-refractivity contribution < 1.29 is 4.74 Å². The van der Waals surface area contributed by atoms with Crippen molar-refractivity contribution in [3.8, 4) is 5.75 Å². The predicted molar refractivity (Wildman–Crippen MR) is 77.7 cm³/mol. The normalized spacial score (nSPS) is 18.5. The van der Waals surface area contributed by atoms with Gasteiger partial charge in [-0.25, -0.2) is 0 Å². The molecule has 0 bridgehead atoms. The number of likely N-dealkylation sites (tertiary alicyclic amines) is 1. The van der Waals surface area contributed by atoms with Crippen LogP contribution >= 0.6 is 0 Å². The van der Waals surface area contributed by atoms with Crippen LogP contribution in [0.25, 0.3) is 0 Å². The van der Waals surface area contributed by atoms with E-state index in [0.29, 0.717) is 5.41 Å². The highest BCUT2D eigenvalue weighted by molar-refractivity contribution is 5.95. The molecule has 2 rings (SSSR count). The molecule has 1 saturated heterocycles. The molecule has 0 amide bonds. The molecule has 0 saturated carbocycles. The molecule has 0 radical (unpaired) electrons. The molecule has 104 valence electrons. The lowest BCUT2D eigenvalue weighted by Gasteiger charge is -2.21. The highest BCUT2D eigenvalue weighted by Gasteiger charge is 2.29. The highest BCUT2D eigenvalue weighted by Crippen LogP contribution is 2.31. The van der Waals surface area contributed by atoms with Crippen molar-refractivity contribution in [2.75, 3.05) is 20.2 Å². The maximum Gasteiger partial charge on any atom is 0.123 e. The van der Waals surface area contributed by atoms with Crippen molar-refractivity contribution >= 4 is 5.84 Å². The topological polar surface area (TPSA) is 62.3 Å². The molecular weight excluding hydrogens is 238 g/mol. The summed E-state index contributed by atoms with van der Waals surface area (Å²) in [7, 11) is 1.68. The van der Waals surface area contributed by atoms with E-state index in [-0.39, 0.29) is 5.84 Å². The van der Waals surface area contributed by atoms with E-state index in [0.717, 1.165) is 36.5 Å². The van der Waals surface area contributed by atoms with Gasteiger partial charge in [-0.15, -0.1) is 0 Å². The first kappa shape index (κ1) is 13.9. The number of methoxy groups -OCH3 is 1. The van der Waals surface area contributed by atoms with Crippen molar-refractivity contribution in [3.63, 3.8) is 0 Å². The molecule has 19 heavy (non-hydrogen) atoms. The standard InChI is InChI=1S/C15H23N3O/c1-15(2)6-7-18(10-15)9-12-8-11(14(16)17)4-5-13(12)19-3/h4-5,8H,6-7,9-10H2,1-3H3,(H3,16,17). The highest BCUT2D eigenvalue weighted by atomic mass is 16.5. The Bertz CT molecular complexity index is 482. The van der Waals surface area contributed by atoms with E-state index in [9.17, 15) is 0 Å². The summed E-state index contributed by atoms with van der Waals surface area (Å²) < 4.78 is 5.40. The molecule has 4 nitrogen and oxygen atoms in total. The minimum atomic E-state index is 0.102. The Hall–Kier alpha value is -1.55. The summed E-state index contributed by atoms with van der Waals surface area (Å²) in [5, 5.41) is 7.53. The summed E-state index contributed by atoms with van der Waals surface area (Å²) in [6, 6.07) is 5.69. The summed E-state index contributed by atoms with van der Waals surface area (Å²) >= 11 is 0. The van der Waals surface area contributed by atoms with Crippen LogP contribution in [0.15, 0.2) is 18.2 Å². The number of rotatable bonds is 4. The third-order valence-electron chi connectivity index (χ3n) is 3.74. The quantitative estimate of drug-likeness (QED) is 0.645. The monoisotopic (exact) mass is 261 g/mol. The molecule has 1 aliphatic heterocycles. The average molecular weight is 261 g/mol. The SMILES string of the molecule is COc1ccc(C(=N)N)cc1CN1CCC(C)(C)C1. The van der Waals surface area contributed by atoms with E-state index in [1.54, 1.807) is 7.11 Å². The number of nitrogen functional groups attached to an aromatic ring is 1. The Labute approximate surface area is 115 Å². The van der Waals surface area contributed by atoms with Crippen molar-refractivity contribution in [1.82, 2.24) is 4.90 Å². The first-order chi connectivity index (χ1) is 8.91. The van der Waals surface area contributed by atoms with E-state index < -0.39 is 0 Å². The van der Waals surface area contributed by atoms with Crippen LogP contribution in [0, 0.1) is 10.8 Å². The third-order valence-corrected chi connectivity index (χ3v) is 3.74. The molecule has 0 atom stereocenters. The van der Waals surface area contributed by atoms with Gasteiger partial charge in [-0.2, -0.15) is 0 Å². The molecule has 0 aliphatic carbocycles. The molecule has 1 aliphatic rings. The Kier molecular flexibility index (Phi) is 3.80. The number of nitrogens with two attached hydrogens (primary N) is 1. The molecule has 1 aromatic carbocycles. The summed E-state index contributed by atoms with van der Waals surface area (Å²) in [6.45, 7) is 7.67. The van der Waals surface area contributed by atoms with Crippen molar-refractivity contribution in [1.29, 1.82) is 5.41 Å². The zero-order chi connectivity index (χ0) is 14.0. The van der Waals surface area contributed by atoms with E-state index in [1.165, 1.54) is 6.42 Å². The fourth-order valence-electron chi connectivity index (χ4n) is 2.67. The molecule has 4 heteroatoms. The predicted octanol–water partition coefficient (Wildman–Crippen LogP) is 2.21. The van der Waals surface area contributed by atoms with Crippen LogP contribution in [0.3, 0.4) is 0 Å². The lowest BCUT2D eigenvalue weighted by atomic mass is 9.93. The second-order valence-corrected chi connectivity index (χ2v) is 6.07. The Morgan fingerprint density at radius 2 is 2.21 bits per heavy atom. The third kappa shape index (κ3) is 3.26. The van der Waals surface area contributed by atoms with Crippen LogP contribution in [0.5, 0.6) is 5.75 Å². The van der Waals surface area contributed by atoms with Gasteiger partial charge in [-0.05, 0) is 36.6 Å². The number of hydrogen-bond donors (Lipinski definition) is 2. The molecule has 3 N–H and O–H groups in total. The molecule has 1 fully saturated rings. The Morgan fingerprint density at radius 1 is 1.47 bits per heavy atom. The number of nitrogens with one attached hydrogen (secondary N) is 1. The molecule has 1 heterocycles. The van der Waals surface area contributed by atoms with Crippen molar-refractivity contribution in [2.24, 2.45) is 11.1 Å². The van der Waals surface area contributed by atoms with E-state index in [4.69, 9.17) is 15.9 Å². The summed E-state index contributed by atoms with van der Waals surface area (Å²) in [5.41, 5.74) is 7.81. The largest absolute Gasteiger partial charge is 0.496 e. The van der Waals surface area contributed by atoms with Gasteiger partial charge in [-0.3, -0.25) is 10.3 Å². The van der Waals surface area contributed by atoms with Gasteiger partial charge in [0, 0.05) is 24.2 Å². The number of amidine groups is 1. The summed E-state index contributed by atoms with van der Waals surface area (Å²) in [5.74, 6) is 0.973. The van der Waals surface area contributed by atoms with Gasteiger partial charge in [-0.1, -0.05) is 13.8 Å². The van der Waals surface area contributed by atoms with E-state index >= 15 is 0 Å². The van der Waals surface area contributed by atoms with Gasteiger partial charge in [0.1, 0.15) is 11.6 Å². The van der Waals surface area contributed by atoms with Gasteiger partial charge in [0.05, 0.1) is 7.11 Å². The minimum absolute atomic E-state index is 0.102. The first-order valence-electron chi connectivity index (χ1n) is 6.65. The zero-order valence-electron chi connectivity index (χ0n) is 12.0. The van der Waals surface area contributed by atoms with Crippen LogP contribution in [0.4, 0.5) is 0 Å². The van der Waals surface area contributed by atoms with Gasteiger partial charge >= 0.3 is 0 Å². The number of benzene rings is 1. The van der Waals surface area contributed by atoms with Crippen molar-refractivity contribution in [2.45, 2.75) is 26.8 Å². The second-order valence-electron chi connectivity index (χ2n) is 6.07. The fourth-order valence-corrected chi connectivity index (χ4v) is 2.67. The van der Waals surface area contributed by atoms with Crippen molar-refractivity contribution in [3.05, 3.63) is 29.3 Å². The van der Waals surface area contributed by atoms with Crippen LogP contribution in [-0.2, 0) is 6.54 Å². The van der Waals surface area contributed by atoms with E-state index in [1.807, 2.05) is 18.2 Å². The maximum absolute atomic E-state index is 7.53. The molecule has 0 spiro atoms. The molecule has 0 aromatic heterocycles. The van der Waals surface area contributed by atoms with Gasteiger partial charge in [0.2, 0.25) is 0 Å². The lowest BCUT2D eigenvalue weighted by Crippen LogP contribution is -2.23. The number of hydrogen-bond acceptors (Lipinski definition) is 3. The molecular formula is C15H23N3O. The van der Waals surface area contributed by atoms with Crippen LogP contribution in [-0.4, -0.2) is 30.9 Å². The van der Waals surface area contributed by atoms with Gasteiger partial charge < -0.3 is 10.5 Å². The molecule has 0 unspecified atom stereocenters.